The molecule has 0 aliphatic carbocycles. The molecule has 0 unspecified atom stereocenters. The van der Waals surface area contributed by atoms with Gasteiger partial charge in [-0.2, -0.15) is 5.10 Å². The van der Waals surface area contributed by atoms with Gasteiger partial charge in [-0.3, -0.25) is 4.79 Å². The second kappa shape index (κ2) is 9.78. The Kier molecular flexibility index (Phi) is 5.71. The van der Waals surface area contributed by atoms with Gasteiger partial charge in [0.15, 0.2) is 5.65 Å². The van der Waals surface area contributed by atoms with Crippen LogP contribution in [0.3, 0.4) is 0 Å². The van der Waals surface area contributed by atoms with Crippen LogP contribution in [0, 0.1) is 13.8 Å². The van der Waals surface area contributed by atoms with E-state index in [0.717, 1.165) is 50.4 Å². The Bertz CT molecular complexity index is 1560. The van der Waals surface area contributed by atoms with Crippen molar-refractivity contribution in [1.29, 1.82) is 0 Å². The number of aromatic amines is 1. The zero-order valence-electron chi connectivity index (χ0n) is 25.5. The first-order valence-corrected chi connectivity index (χ1v) is 13.0. The van der Waals surface area contributed by atoms with Crippen molar-refractivity contribution in [2.24, 2.45) is 0 Å². The van der Waals surface area contributed by atoms with E-state index in [-0.39, 0.29) is 36.9 Å². The van der Waals surface area contributed by atoms with E-state index in [4.69, 9.17) is 9.10 Å². The minimum absolute atomic E-state index is 0.0275. The van der Waals surface area contributed by atoms with E-state index >= 15 is 0 Å². The lowest BCUT2D eigenvalue weighted by Crippen LogP contribution is -2.58. The predicted octanol–water partition coefficient (Wildman–Crippen LogP) is 4.05. The lowest BCUT2D eigenvalue weighted by Gasteiger charge is -2.44. The maximum absolute atomic E-state index is 12.9. The molecular formula is C28H38N8O. The molecule has 1 amide bonds. The SMILES string of the molecule is [2H]C([2H])([2H])NCCC(=O)N1C[C@H](C)N(c2ccc3[nH]c(-c4cn5ncnc5c(C)c4C)c(C(C)C)c3n2)C[C@H]1C. The molecule has 2 N–H and O–H groups in total. The van der Waals surface area contributed by atoms with E-state index in [0.29, 0.717) is 13.1 Å². The second-order valence-electron chi connectivity index (χ2n) is 10.5. The highest BCUT2D eigenvalue weighted by atomic mass is 16.2. The summed E-state index contributed by atoms with van der Waals surface area (Å²) in [5.74, 6) is 1.08. The van der Waals surface area contributed by atoms with E-state index in [2.05, 4.69) is 66.0 Å². The number of amides is 1. The average Bonchev–Trinajstić information content (AvgIpc) is 3.50. The third-order valence-electron chi connectivity index (χ3n) is 7.70. The van der Waals surface area contributed by atoms with Crippen molar-refractivity contribution in [3.8, 4) is 11.3 Å². The van der Waals surface area contributed by atoms with Crippen LogP contribution in [-0.2, 0) is 4.79 Å². The maximum Gasteiger partial charge on any atom is 0.224 e. The Labute approximate surface area is 222 Å². The van der Waals surface area contributed by atoms with Gasteiger partial charge in [-0.1, -0.05) is 13.8 Å². The molecule has 0 spiro atoms. The molecule has 9 heteroatoms. The normalized spacial score (nSPS) is 20.0. The van der Waals surface area contributed by atoms with E-state index in [9.17, 15) is 4.79 Å². The summed E-state index contributed by atoms with van der Waals surface area (Å²) in [5, 5.41) is 6.82. The number of piperazine rings is 1. The zero-order chi connectivity index (χ0) is 28.9. The average molecular weight is 506 g/mol. The molecule has 5 rings (SSSR count). The molecule has 0 radical (unpaired) electrons. The van der Waals surface area contributed by atoms with Crippen molar-refractivity contribution in [3.63, 3.8) is 0 Å². The van der Waals surface area contributed by atoms with Crippen LogP contribution in [-0.4, -0.2) is 74.1 Å². The predicted molar refractivity (Wildman–Crippen MR) is 148 cm³/mol. The highest BCUT2D eigenvalue weighted by molar-refractivity contribution is 5.90. The van der Waals surface area contributed by atoms with Gasteiger partial charge in [0.25, 0.3) is 0 Å². The summed E-state index contributed by atoms with van der Waals surface area (Å²) >= 11 is 0. The van der Waals surface area contributed by atoms with Crippen molar-refractivity contribution >= 4 is 28.4 Å². The maximum atomic E-state index is 12.9. The van der Waals surface area contributed by atoms with Crippen molar-refractivity contribution < 1.29 is 8.91 Å². The van der Waals surface area contributed by atoms with Crippen molar-refractivity contribution in [2.75, 3.05) is 31.5 Å². The van der Waals surface area contributed by atoms with Crippen LogP contribution >= 0.6 is 0 Å². The third-order valence-corrected chi connectivity index (χ3v) is 7.70. The number of carbonyl (C=O) groups is 1. The fraction of sp³-hybridized carbons (Fsp3) is 0.500. The van der Waals surface area contributed by atoms with Crippen LogP contribution in [0.1, 0.15) is 60.8 Å². The van der Waals surface area contributed by atoms with Gasteiger partial charge >= 0.3 is 0 Å². The number of aryl methyl sites for hydroxylation is 1. The summed E-state index contributed by atoms with van der Waals surface area (Å²) in [6, 6.07) is 4.17. The van der Waals surface area contributed by atoms with Gasteiger partial charge in [0, 0.05) is 59.6 Å². The molecule has 9 nitrogen and oxygen atoms in total. The fourth-order valence-electron chi connectivity index (χ4n) is 5.57. The fourth-order valence-corrected chi connectivity index (χ4v) is 5.57. The molecule has 0 saturated carbocycles. The highest BCUT2D eigenvalue weighted by Crippen LogP contribution is 2.38. The minimum Gasteiger partial charge on any atom is -0.353 e. The standard InChI is InChI=1S/C28H38N8O/c1-16(2)25-26(21-14-36-28(30-15-31-36)20(6)19(21)5)32-22-8-9-23(33-27(22)25)34-12-18(4)35(13-17(34)3)24(37)10-11-29-7/h8-9,14-18,29,32H,10-13H2,1-7H3/t17-,18+/m0/s1/i7D3. The van der Waals surface area contributed by atoms with E-state index in [1.54, 1.807) is 6.33 Å². The van der Waals surface area contributed by atoms with Crippen LogP contribution in [0.25, 0.3) is 27.9 Å². The Balaban J connectivity index is 1.44. The third kappa shape index (κ3) is 4.35. The summed E-state index contributed by atoms with van der Waals surface area (Å²) in [6.07, 6.45) is 3.77. The number of rotatable bonds is 6. The Morgan fingerprint density at radius 2 is 2.03 bits per heavy atom. The largest absolute Gasteiger partial charge is 0.353 e. The first-order chi connectivity index (χ1) is 18.9. The number of nitrogens with zero attached hydrogens (tertiary/aromatic N) is 6. The number of hydrogen-bond acceptors (Lipinski definition) is 6. The van der Waals surface area contributed by atoms with Gasteiger partial charge in [-0.05, 0) is 63.8 Å². The van der Waals surface area contributed by atoms with Crippen molar-refractivity contribution in [1.82, 2.24) is 34.8 Å². The Morgan fingerprint density at radius 3 is 2.78 bits per heavy atom. The van der Waals surface area contributed by atoms with Crippen LogP contribution in [0.4, 0.5) is 5.82 Å². The molecule has 4 aromatic rings. The van der Waals surface area contributed by atoms with Gasteiger partial charge in [-0.25, -0.2) is 14.5 Å². The molecule has 0 aromatic carbocycles. The van der Waals surface area contributed by atoms with E-state index in [1.807, 2.05) is 28.6 Å². The topological polar surface area (TPSA) is 94.5 Å². The molecule has 196 valence electrons. The number of aromatic nitrogens is 5. The molecule has 1 saturated heterocycles. The summed E-state index contributed by atoms with van der Waals surface area (Å²) in [6.45, 7) is 11.8. The monoisotopic (exact) mass is 505 g/mol. The Hall–Kier alpha value is -3.46. The van der Waals surface area contributed by atoms with Gasteiger partial charge in [0.2, 0.25) is 5.91 Å². The van der Waals surface area contributed by atoms with E-state index < -0.39 is 6.98 Å². The van der Waals surface area contributed by atoms with Crippen molar-refractivity contribution in [2.45, 2.75) is 66.0 Å². The first-order valence-electron chi connectivity index (χ1n) is 14.5. The number of carbonyl (C=O) groups excluding carboxylic acids is 1. The summed E-state index contributed by atoms with van der Waals surface area (Å²) in [5.41, 5.74) is 8.35. The van der Waals surface area contributed by atoms with Gasteiger partial charge in [0.05, 0.1) is 16.7 Å². The summed E-state index contributed by atoms with van der Waals surface area (Å²) < 4.78 is 23.7. The number of nitrogens with one attached hydrogen (secondary N) is 2. The molecule has 1 aliphatic rings. The molecule has 2 atom stereocenters. The minimum atomic E-state index is -2.24. The van der Waals surface area contributed by atoms with Crippen molar-refractivity contribution in [3.05, 3.63) is 41.3 Å². The van der Waals surface area contributed by atoms with Crippen LogP contribution in [0.2, 0.25) is 0 Å². The van der Waals surface area contributed by atoms with Crippen LogP contribution in [0.5, 0.6) is 0 Å². The smallest absolute Gasteiger partial charge is 0.224 e. The van der Waals surface area contributed by atoms with Gasteiger partial charge in [0.1, 0.15) is 12.1 Å². The van der Waals surface area contributed by atoms with Gasteiger partial charge in [-0.15, -0.1) is 0 Å². The quantitative estimate of drug-likeness (QED) is 0.411. The summed E-state index contributed by atoms with van der Waals surface area (Å²) in [4.78, 5) is 30.3. The van der Waals surface area contributed by atoms with Crippen LogP contribution < -0.4 is 10.2 Å². The molecule has 0 bridgehead atoms. The lowest BCUT2D eigenvalue weighted by molar-refractivity contribution is -0.134. The molecule has 1 aliphatic heterocycles. The van der Waals surface area contributed by atoms with Gasteiger partial charge < -0.3 is 20.1 Å². The Morgan fingerprint density at radius 1 is 1.22 bits per heavy atom. The summed E-state index contributed by atoms with van der Waals surface area (Å²) in [7, 11) is 0. The van der Waals surface area contributed by atoms with E-state index in [1.165, 1.54) is 0 Å². The number of pyridine rings is 2. The lowest BCUT2D eigenvalue weighted by atomic mass is 9.95. The molecular weight excluding hydrogens is 464 g/mol. The zero-order valence-corrected chi connectivity index (χ0v) is 22.5. The second-order valence-corrected chi connectivity index (χ2v) is 10.5. The molecule has 4 aromatic heterocycles. The number of fused-ring (bicyclic) bond motifs is 2. The first kappa shape index (κ1) is 21.6. The molecule has 37 heavy (non-hydrogen) atoms. The highest BCUT2D eigenvalue weighted by Gasteiger charge is 2.33. The number of anilines is 1. The number of hydrogen-bond donors (Lipinski definition) is 2. The molecule has 1 fully saturated rings. The van der Waals surface area contributed by atoms with Crippen LogP contribution in [0.15, 0.2) is 24.7 Å². The molecule has 5 heterocycles. The number of H-pyrrole nitrogens is 1.